The van der Waals surface area contributed by atoms with Gasteiger partial charge in [-0.2, -0.15) is 5.10 Å². The van der Waals surface area contributed by atoms with E-state index in [1.54, 1.807) is 12.1 Å². The molecule has 0 fully saturated rings. The number of hydrogen-bond donors (Lipinski definition) is 1. The van der Waals surface area contributed by atoms with Crippen molar-refractivity contribution in [1.82, 2.24) is 9.78 Å². The van der Waals surface area contributed by atoms with Gasteiger partial charge in [-0.25, -0.2) is 18.1 Å². The van der Waals surface area contributed by atoms with E-state index in [1.165, 1.54) is 41.4 Å². The molecule has 1 aromatic carbocycles. The molecule has 7 nitrogen and oxygen atoms in total. The Hall–Kier alpha value is -3.70. The molecule has 1 heterocycles. The van der Waals surface area contributed by atoms with Crippen molar-refractivity contribution in [2.45, 2.75) is 0 Å². The lowest BCUT2D eigenvalue weighted by molar-refractivity contribution is 0.608. The van der Waals surface area contributed by atoms with Gasteiger partial charge in [0.1, 0.15) is 4.91 Å². The average Bonchev–Trinajstić information content (AvgIpc) is 2.68. The normalized spacial score (nSPS) is 14.2. The summed E-state index contributed by atoms with van der Waals surface area (Å²) in [7, 11) is -3.46. The molecular weight excluding hydrogens is 376 g/mol. The molecule has 0 saturated carbocycles. The summed E-state index contributed by atoms with van der Waals surface area (Å²) < 4.78 is 24.9. The topological polar surface area (TPSA) is 107 Å². The van der Waals surface area contributed by atoms with Crippen LogP contribution < -0.4 is 11.2 Å². The molecule has 2 aromatic rings. The van der Waals surface area contributed by atoms with E-state index in [9.17, 15) is 13.2 Å². The Labute approximate surface area is 161 Å². The summed E-state index contributed by atoms with van der Waals surface area (Å²) in [5.41, 5.74) is 11.8. The zero-order valence-electron chi connectivity index (χ0n) is 14.9. The van der Waals surface area contributed by atoms with Crippen LogP contribution in [0.15, 0.2) is 93.2 Å². The van der Waals surface area contributed by atoms with E-state index in [-0.39, 0.29) is 21.7 Å². The molecule has 2 N–H and O–H groups in total. The van der Waals surface area contributed by atoms with Gasteiger partial charge in [0.2, 0.25) is 5.43 Å². The van der Waals surface area contributed by atoms with Gasteiger partial charge >= 0.3 is 0 Å². The van der Waals surface area contributed by atoms with Crippen molar-refractivity contribution in [3.05, 3.63) is 99.3 Å². The highest BCUT2D eigenvalue weighted by Crippen LogP contribution is 2.16. The third kappa shape index (κ3) is 4.34. The summed E-state index contributed by atoms with van der Waals surface area (Å²) in [5, 5.41) is 4.32. The van der Waals surface area contributed by atoms with Gasteiger partial charge in [-0.05, 0) is 36.2 Å². The fourth-order valence-corrected chi connectivity index (χ4v) is 2.94. The van der Waals surface area contributed by atoms with Gasteiger partial charge in [0.05, 0.1) is 17.1 Å². The van der Waals surface area contributed by atoms with Crippen molar-refractivity contribution in [2.75, 3.05) is 6.26 Å². The van der Waals surface area contributed by atoms with Gasteiger partial charge in [0, 0.05) is 24.6 Å². The number of allylic oxidation sites excluding steroid dienone is 4. The number of nitrogens with zero attached hydrogens (tertiary/aromatic N) is 3. The number of hydrogen-bond acceptors (Lipinski definition) is 6. The van der Waals surface area contributed by atoms with Crippen LogP contribution in [0.25, 0.3) is 5.70 Å². The number of para-hydroxylation sites is 1. The van der Waals surface area contributed by atoms with E-state index < -0.39 is 9.84 Å². The fraction of sp³-hybridized carbons (Fsp3) is 0.0500. The number of rotatable bonds is 5. The zero-order chi connectivity index (χ0) is 20.1. The van der Waals surface area contributed by atoms with Crippen molar-refractivity contribution in [3.63, 3.8) is 0 Å². The molecule has 0 bridgehead atoms. The molecule has 1 aliphatic rings. The molecular formula is C20H16N4O3S. The number of nitrogens with two attached hydrogens (primary N) is 1. The third-order valence-electron chi connectivity index (χ3n) is 3.67. The van der Waals surface area contributed by atoms with Crippen molar-refractivity contribution in [3.8, 4) is 0 Å². The summed E-state index contributed by atoms with van der Waals surface area (Å²) in [4.78, 5) is 16.8. The number of aromatic nitrogens is 2. The molecule has 3 rings (SSSR count). The summed E-state index contributed by atoms with van der Waals surface area (Å²) >= 11 is 0. The Morgan fingerprint density at radius 3 is 2.68 bits per heavy atom. The van der Waals surface area contributed by atoms with E-state index >= 15 is 0 Å². The van der Waals surface area contributed by atoms with Crippen LogP contribution in [0.5, 0.6) is 0 Å². The molecule has 0 amide bonds. The molecule has 0 atom stereocenters. The smallest absolute Gasteiger partial charge is 0.209 e. The first-order valence-electron chi connectivity index (χ1n) is 8.15. The van der Waals surface area contributed by atoms with Gasteiger partial charge in [-0.15, -0.1) is 0 Å². The van der Waals surface area contributed by atoms with Gasteiger partial charge in [0.15, 0.2) is 15.5 Å². The summed E-state index contributed by atoms with van der Waals surface area (Å²) in [6.07, 6.45) is 8.19. The Morgan fingerprint density at radius 2 is 2.00 bits per heavy atom. The first-order chi connectivity index (χ1) is 13.4. The van der Waals surface area contributed by atoms with Crippen molar-refractivity contribution >= 4 is 26.9 Å². The van der Waals surface area contributed by atoms with Gasteiger partial charge in [-0.3, -0.25) is 4.79 Å². The second-order valence-electron chi connectivity index (χ2n) is 5.78. The molecule has 0 spiro atoms. The average molecular weight is 392 g/mol. The lowest BCUT2D eigenvalue weighted by Crippen LogP contribution is -2.20. The quantitative estimate of drug-likeness (QED) is 0.618. The largest absolute Gasteiger partial charge is 0.405 e. The summed E-state index contributed by atoms with van der Waals surface area (Å²) in [6, 6.07) is 10.4. The van der Waals surface area contributed by atoms with Crippen LogP contribution in [-0.2, 0) is 9.84 Å². The van der Waals surface area contributed by atoms with Gasteiger partial charge in [-0.1, -0.05) is 23.9 Å². The molecule has 8 heteroatoms. The molecule has 140 valence electrons. The zero-order valence-corrected chi connectivity index (χ0v) is 15.7. The Balaban J connectivity index is 2.11. The highest BCUT2D eigenvalue weighted by atomic mass is 32.2. The molecule has 0 saturated heterocycles. The lowest BCUT2D eigenvalue weighted by Gasteiger charge is -2.09. The third-order valence-corrected chi connectivity index (χ3v) is 4.69. The van der Waals surface area contributed by atoms with E-state index in [2.05, 4.69) is 21.6 Å². The monoisotopic (exact) mass is 392 g/mol. The molecule has 0 unspecified atom stereocenters. The second-order valence-corrected chi connectivity index (χ2v) is 7.77. The van der Waals surface area contributed by atoms with Crippen LogP contribution in [-0.4, -0.2) is 30.2 Å². The molecule has 1 aromatic heterocycles. The number of benzene rings is 1. The predicted octanol–water partition coefficient (Wildman–Crippen LogP) is 1.93. The lowest BCUT2D eigenvalue weighted by atomic mass is 10.2. The van der Waals surface area contributed by atoms with Crippen LogP contribution >= 0.6 is 0 Å². The standard InChI is InChI=1S/C20H16N4O3S/c1-28(26,27)17-9-5-8-16(14-17)24-13-11-19(25)20(23-24)18(10-12-21)22-15-6-3-2-4-7-15/h2-4,6-8,10-14H,21H2,1H3/b12-10-,22-18?. The highest BCUT2D eigenvalue weighted by Gasteiger charge is 2.14. The minimum absolute atomic E-state index is 0.0212. The van der Waals surface area contributed by atoms with E-state index in [4.69, 9.17) is 5.73 Å². The minimum atomic E-state index is -3.46. The van der Waals surface area contributed by atoms with E-state index in [0.717, 1.165) is 6.26 Å². The molecule has 0 radical (unpaired) electrons. The Kier molecular flexibility index (Phi) is 5.38. The summed E-state index contributed by atoms with van der Waals surface area (Å²) in [6.45, 7) is 0. The molecule has 1 aliphatic carbocycles. The van der Waals surface area contributed by atoms with Crippen LogP contribution in [0.4, 0.5) is 5.69 Å². The van der Waals surface area contributed by atoms with Crippen molar-refractivity contribution in [2.24, 2.45) is 10.7 Å². The molecule has 0 aliphatic heterocycles. The minimum Gasteiger partial charge on any atom is -0.405 e. The molecule has 28 heavy (non-hydrogen) atoms. The Bertz CT molecular complexity index is 1270. The predicted molar refractivity (Wildman–Crippen MR) is 109 cm³/mol. The SMILES string of the molecule is CS(=O)(=O)C1=C=C=CC(n2ccc(=O)c(C(/C=C\N)=Nc3ccccc3)n2)=C1. The number of aliphatic imine (C=N–C) groups is 1. The van der Waals surface area contributed by atoms with Crippen LogP contribution in [0.2, 0.25) is 0 Å². The maximum atomic E-state index is 12.4. The van der Waals surface area contributed by atoms with Crippen LogP contribution in [0.3, 0.4) is 0 Å². The summed E-state index contributed by atoms with van der Waals surface area (Å²) in [5.74, 6) is 0. The maximum absolute atomic E-state index is 12.4. The van der Waals surface area contributed by atoms with Crippen molar-refractivity contribution in [1.29, 1.82) is 0 Å². The second kappa shape index (κ2) is 7.90. The van der Waals surface area contributed by atoms with Crippen LogP contribution in [0.1, 0.15) is 5.69 Å². The first-order valence-corrected chi connectivity index (χ1v) is 10.0. The van der Waals surface area contributed by atoms with Crippen LogP contribution in [0, 0.1) is 0 Å². The number of sulfone groups is 1. The van der Waals surface area contributed by atoms with Gasteiger partial charge in [0.25, 0.3) is 0 Å². The van der Waals surface area contributed by atoms with Crippen molar-refractivity contribution < 1.29 is 8.42 Å². The fourth-order valence-electron chi connectivity index (χ4n) is 2.36. The maximum Gasteiger partial charge on any atom is 0.209 e. The first kappa shape index (κ1) is 19.1. The Morgan fingerprint density at radius 1 is 1.25 bits per heavy atom. The van der Waals surface area contributed by atoms with Gasteiger partial charge < -0.3 is 5.73 Å². The highest BCUT2D eigenvalue weighted by molar-refractivity contribution is 7.94. The van der Waals surface area contributed by atoms with E-state index in [0.29, 0.717) is 11.4 Å². The van der Waals surface area contributed by atoms with E-state index in [1.807, 2.05) is 18.2 Å².